The highest BCUT2D eigenvalue weighted by atomic mass is 16.7. The Bertz CT molecular complexity index is 737. The molecule has 1 aliphatic carbocycles. The largest absolute Gasteiger partial charge is 0.464 e. The van der Waals surface area contributed by atoms with Crippen LogP contribution in [0.3, 0.4) is 0 Å². The van der Waals surface area contributed by atoms with Gasteiger partial charge in [-0.1, -0.05) is 0 Å². The van der Waals surface area contributed by atoms with E-state index < -0.39 is 23.9 Å². The van der Waals surface area contributed by atoms with Gasteiger partial charge in [0.2, 0.25) is 0 Å². The highest BCUT2D eigenvalue weighted by molar-refractivity contribution is 6.00. The van der Waals surface area contributed by atoms with Crippen molar-refractivity contribution in [2.75, 3.05) is 35.0 Å². The Balaban J connectivity index is 2.08. The second-order valence-electron chi connectivity index (χ2n) is 6.43. The Hall–Kier alpha value is -2.39. The van der Waals surface area contributed by atoms with Crippen LogP contribution in [0.1, 0.15) is 45.3 Å². The molecule has 9 heteroatoms. The molecule has 1 aromatic rings. The van der Waals surface area contributed by atoms with Gasteiger partial charge in [-0.3, -0.25) is 9.69 Å². The first-order valence-electron chi connectivity index (χ1n) is 8.19. The molecule has 142 valence electrons. The SMILES string of the molecule is COC(=O)c1cc2c([nH]1)C(=O)C[C@@H]1[C@H]2CC(OC)(OC)CN1C(=O)OC. The zero-order valence-corrected chi connectivity index (χ0v) is 15.2. The van der Waals surface area contributed by atoms with Crippen molar-refractivity contribution in [2.45, 2.75) is 30.6 Å². The number of H-pyrrole nitrogens is 1. The van der Waals surface area contributed by atoms with Crippen LogP contribution in [0.15, 0.2) is 6.07 Å². The molecule has 0 radical (unpaired) electrons. The van der Waals surface area contributed by atoms with Gasteiger partial charge >= 0.3 is 12.1 Å². The zero-order chi connectivity index (χ0) is 19.1. The van der Waals surface area contributed by atoms with Crippen LogP contribution in [-0.4, -0.2) is 74.5 Å². The van der Waals surface area contributed by atoms with E-state index in [-0.39, 0.29) is 30.4 Å². The number of amides is 1. The molecule has 1 aromatic heterocycles. The van der Waals surface area contributed by atoms with Gasteiger partial charge in [0.1, 0.15) is 5.69 Å². The lowest BCUT2D eigenvalue weighted by Gasteiger charge is -2.49. The minimum absolute atomic E-state index is 0.122. The second-order valence-corrected chi connectivity index (χ2v) is 6.43. The van der Waals surface area contributed by atoms with E-state index in [9.17, 15) is 14.4 Å². The predicted octanol–water partition coefficient (Wildman–Crippen LogP) is 1.30. The number of Topliss-reactive ketones (excluding diaryl/α,β-unsaturated/α-hetero) is 1. The van der Waals surface area contributed by atoms with Crippen LogP contribution >= 0.6 is 0 Å². The lowest BCUT2D eigenvalue weighted by molar-refractivity contribution is -0.238. The van der Waals surface area contributed by atoms with Crippen molar-refractivity contribution < 1.29 is 33.3 Å². The number of methoxy groups -OCH3 is 4. The molecule has 0 spiro atoms. The van der Waals surface area contributed by atoms with Crippen molar-refractivity contribution >= 4 is 17.8 Å². The summed E-state index contributed by atoms with van der Waals surface area (Å²) >= 11 is 0. The molecule has 1 amide bonds. The molecule has 1 aliphatic heterocycles. The molecule has 1 saturated heterocycles. The average Bonchev–Trinajstić information content (AvgIpc) is 3.13. The van der Waals surface area contributed by atoms with E-state index in [4.69, 9.17) is 18.9 Å². The molecule has 1 fully saturated rings. The quantitative estimate of drug-likeness (QED) is 0.635. The fourth-order valence-electron chi connectivity index (χ4n) is 3.90. The van der Waals surface area contributed by atoms with E-state index in [0.717, 1.165) is 0 Å². The lowest BCUT2D eigenvalue weighted by atomic mass is 9.74. The van der Waals surface area contributed by atoms with Crippen molar-refractivity contribution in [3.05, 3.63) is 23.0 Å². The Morgan fingerprint density at radius 2 is 1.88 bits per heavy atom. The summed E-state index contributed by atoms with van der Waals surface area (Å²) in [7, 11) is 5.57. The molecule has 0 saturated carbocycles. The van der Waals surface area contributed by atoms with Gasteiger partial charge in [-0.25, -0.2) is 9.59 Å². The van der Waals surface area contributed by atoms with E-state index >= 15 is 0 Å². The van der Waals surface area contributed by atoms with Crippen molar-refractivity contribution in [2.24, 2.45) is 0 Å². The molecule has 0 bridgehead atoms. The number of likely N-dealkylation sites (tertiary alicyclic amines) is 1. The van der Waals surface area contributed by atoms with Gasteiger partial charge in [-0.15, -0.1) is 0 Å². The average molecular weight is 366 g/mol. The Morgan fingerprint density at radius 3 is 2.46 bits per heavy atom. The van der Waals surface area contributed by atoms with Gasteiger partial charge in [0.25, 0.3) is 0 Å². The number of rotatable bonds is 3. The molecule has 2 heterocycles. The summed E-state index contributed by atoms with van der Waals surface area (Å²) in [6.07, 6.45) is -0.00736. The van der Waals surface area contributed by atoms with Gasteiger partial charge in [0.15, 0.2) is 11.6 Å². The summed E-state index contributed by atoms with van der Waals surface area (Å²) in [6, 6.07) is 1.20. The van der Waals surface area contributed by atoms with E-state index in [2.05, 4.69) is 4.98 Å². The Kier molecular flexibility index (Phi) is 4.76. The van der Waals surface area contributed by atoms with Crippen LogP contribution in [0.5, 0.6) is 0 Å². The fourth-order valence-corrected chi connectivity index (χ4v) is 3.90. The molecular formula is C17H22N2O7. The maximum absolute atomic E-state index is 12.6. The Labute approximate surface area is 150 Å². The third kappa shape index (κ3) is 2.77. The maximum Gasteiger partial charge on any atom is 0.409 e. The van der Waals surface area contributed by atoms with Crippen LogP contribution in [0.2, 0.25) is 0 Å². The second kappa shape index (κ2) is 6.73. The molecule has 3 rings (SSSR count). The summed E-state index contributed by atoms with van der Waals surface area (Å²) in [5, 5.41) is 0. The van der Waals surface area contributed by atoms with E-state index in [1.54, 1.807) is 6.07 Å². The van der Waals surface area contributed by atoms with Gasteiger partial charge in [0, 0.05) is 39.0 Å². The first-order valence-corrected chi connectivity index (χ1v) is 8.19. The number of aromatic amines is 1. The van der Waals surface area contributed by atoms with Crippen LogP contribution in [-0.2, 0) is 18.9 Å². The van der Waals surface area contributed by atoms with Crippen LogP contribution in [0, 0.1) is 0 Å². The summed E-state index contributed by atoms with van der Waals surface area (Å²) in [5.74, 6) is -2.03. The summed E-state index contributed by atoms with van der Waals surface area (Å²) in [5.41, 5.74) is 1.21. The van der Waals surface area contributed by atoms with E-state index in [1.165, 1.54) is 33.3 Å². The number of carbonyl (C=O) groups excluding carboxylic acids is 3. The number of carbonyl (C=O) groups is 3. The molecule has 0 unspecified atom stereocenters. The number of fused-ring (bicyclic) bond motifs is 3. The number of esters is 1. The van der Waals surface area contributed by atoms with Crippen LogP contribution in [0.25, 0.3) is 0 Å². The highest BCUT2D eigenvalue weighted by Crippen LogP contribution is 2.45. The standard InChI is InChI=1S/C17H22N2O7/c1-23-15(21)11-5-9-10-7-17(25-3,26-4)8-19(16(22)24-2)12(10)6-13(20)14(9)18-11/h5,10,12,18H,6-8H2,1-4H3/t10-,12+/m0/s1. The first kappa shape index (κ1) is 18.4. The van der Waals surface area contributed by atoms with Crippen molar-refractivity contribution in [3.8, 4) is 0 Å². The van der Waals surface area contributed by atoms with E-state index in [1.807, 2.05) is 0 Å². The summed E-state index contributed by atoms with van der Waals surface area (Å²) < 4.78 is 20.7. The number of ether oxygens (including phenoxy) is 4. The first-order chi connectivity index (χ1) is 12.4. The molecule has 26 heavy (non-hydrogen) atoms. The minimum atomic E-state index is -1.03. The van der Waals surface area contributed by atoms with Crippen LogP contribution < -0.4 is 0 Å². The number of nitrogens with one attached hydrogen (secondary N) is 1. The minimum Gasteiger partial charge on any atom is -0.464 e. The smallest absolute Gasteiger partial charge is 0.409 e. The topological polar surface area (TPSA) is 107 Å². The van der Waals surface area contributed by atoms with Crippen molar-refractivity contribution in [1.29, 1.82) is 0 Å². The normalized spacial score (nSPS) is 23.8. The molecule has 9 nitrogen and oxygen atoms in total. The number of hydrogen-bond acceptors (Lipinski definition) is 7. The molecule has 2 aliphatic rings. The van der Waals surface area contributed by atoms with Gasteiger partial charge in [-0.2, -0.15) is 0 Å². The number of nitrogens with zero attached hydrogens (tertiary/aromatic N) is 1. The summed E-state index contributed by atoms with van der Waals surface area (Å²) in [4.78, 5) is 41.1. The van der Waals surface area contributed by atoms with Crippen LogP contribution in [0.4, 0.5) is 4.79 Å². The molecule has 2 atom stereocenters. The van der Waals surface area contributed by atoms with Crippen molar-refractivity contribution in [3.63, 3.8) is 0 Å². The van der Waals surface area contributed by atoms with Crippen molar-refractivity contribution in [1.82, 2.24) is 9.88 Å². The number of piperidine rings is 1. The third-order valence-corrected chi connectivity index (χ3v) is 5.29. The Morgan fingerprint density at radius 1 is 1.19 bits per heavy atom. The van der Waals surface area contributed by atoms with Gasteiger partial charge < -0.3 is 23.9 Å². The monoisotopic (exact) mass is 366 g/mol. The number of ketones is 1. The lowest BCUT2D eigenvalue weighted by Crippen LogP contribution is -2.60. The third-order valence-electron chi connectivity index (χ3n) is 5.29. The number of hydrogen-bond donors (Lipinski definition) is 1. The van der Waals surface area contributed by atoms with E-state index in [0.29, 0.717) is 17.7 Å². The maximum atomic E-state index is 12.6. The molecular weight excluding hydrogens is 344 g/mol. The zero-order valence-electron chi connectivity index (χ0n) is 15.2. The fraction of sp³-hybridized carbons (Fsp3) is 0.588. The number of aromatic nitrogens is 1. The summed E-state index contributed by atoms with van der Waals surface area (Å²) in [6.45, 7) is 0.144. The van der Waals surface area contributed by atoms with Gasteiger partial charge in [0.05, 0.1) is 26.5 Å². The molecule has 0 aromatic carbocycles. The predicted molar refractivity (Wildman–Crippen MR) is 88.1 cm³/mol. The van der Waals surface area contributed by atoms with Gasteiger partial charge in [-0.05, 0) is 11.6 Å². The molecule has 1 N–H and O–H groups in total. The highest BCUT2D eigenvalue weighted by Gasteiger charge is 2.52.